The Labute approximate surface area is 139 Å². The first-order chi connectivity index (χ1) is 9.83. The molecule has 0 unspecified atom stereocenters. The fourth-order valence-corrected chi connectivity index (χ4v) is 4.44. The van der Waals surface area contributed by atoms with Gasteiger partial charge in [-0.3, -0.25) is 4.72 Å². The second kappa shape index (κ2) is 6.20. The van der Waals surface area contributed by atoms with Crippen molar-refractivity contribution in [2.75, 3.05) is 4.72 Å². The van der Waals surface area contributed by atoms with Crippen molar-refractivity contribution in [2.24, 2.45) is 0 Å². The quantitative estimate of drug-likeness (QED) is 0.839. The van der Waals surface area contributed by atoms with Gasteiger partial charge in [0.2, 0.25) is 0 Å². The van der Waals surface area contributed by atoms with E-state index < -0.39 is 10.0 Å². The van der Waals surface area contributed by atoms with Crippen molar-refractivity contribution in [1.29, 1.82) is 5.26 Å². The minimum Gasteiger partial charge on any atom is -0.263 e. The lowest BCUT2D eigenvalue weighted by Crippen LogP contribution is -2.15. The number of benzene rings is 1. The van der Waals surface area contributed by atoms with Crippen molar-refractivity contribution in [1.82, 2.24) is 4.98 Å². The van der Waals surface area contributed by atoms with Gasteiger partial charge in [0.25, 0.3) is 10.0 Å². The molecule has 0 atom stereocenters. The fourth-order valence-electron chi connectivity index (χ4n) is 1.49. The zero-order valence-electron chi connectivity index (χ0n) is 10.1. The highest BCUT2D eigenvalue weighted by Crippen LogP contribution is 2.33. The summed E-state index contributed by atoms with van der Waals surface area (Å²) in [6.07, 6.45) is 1.25. The summed E-state index contributed by atoms with van der Waals surface area (Å²) in [4.78, 5) is 3.59. The Balaban J connectivity index is 2.41. The van der Waals surface area contributed by atoms with Crippen LogP contribution in [0.15, 0.2) is 39.8 Å². The highest BCUT2D eigenvalue weighted by molar-refractivity contribution is 9.10. The number of nitrogens with zero attached hydrogens (tertiary/aromatic N) is 2. The highest BCUT2D eigenvalue weighted by atomic mass is 79.9. The molecular formula is C12H6BrCl2N3O2S. The third kappa shape index (κ3) is 3.66. The Morgan fingerprint density at radius 2 is 1.86 bits per heavy atom. The van der Waals surface area contributed by atoms with Crippen molar-refractivity contribution in [3.05, 3.63) is 50.5 Å². The van der Waals surface area contributed by atoms with Gasteiger partial charge in [-0.1, -0.05) is 39.1 Å². The van der Waals surface area contributed by atoms with E-state index in [1.807, 2.05) is 6.07 Å². The third-order valence-electron chi connectivity index (χ3n) is 2.36. The van der Waals surface area contributed by atoms with E-state index in [-0.39, 0.29) is 20.8 Å². The van der Waals surface area contributed by atoms with Gasteiger partial charge in [0.1, 0.15) is 16.8 Å². The summed E-state index contributed by atoms with van der Waals surface area (Å²) >= 11 is 15.0. The molecule has 0 aliphatic heterocycles. The van der Waals surface area contributed by atoms with Crippen molar-refractivity contribution >= 4 is 55.0 Å². The first kappa shape index (κ1) is 16.0. The van der Waals surface area contributed by atoms with Gasteiger partial charge < -0.3 is 0 Å². The van der Waals surface area contributed by atoms with Crippen LogP contribution in [0, 0.1) is 11.3 Å². The summed E-state index contributed by atoms with van der Waals surface area (Å²) in [5.41, 5.74) is 0.317. The molecule has 0 bridgehead atoms. The number of halogens is 3. The van der Waals surface area contributed by atoms with E-state index in [0.717, 1.165) is 0 Å². The van der Waals surface area contributed by atoms with Gasteiger partial charge in [-0.2, -0.15) is 5.26 Å². The van der Waals surface area contributed by atoms with E-state index >= 15 is 0 Å². The topological polar surface area (TPSA) is 82.9 Å². The molecule has 2 rings (SSSR count). The third-order valence-corrected chi connectivity index (χ3v) is 5.10. The number of hydrogen-bond acceptors (Lipinski definition) is 4. The summed E-state index contributed by atoms with van der Waals surface area (Å²) in [6, 6.07) is 7.55. The van der Waals surface area contributed by atoms with Gasteiger partial charge in [0, 0.05) is 10.7 Å². The Hall–Kier alpha value is -1.33. The predicted molar refractivity (Wildman–Crippen MR) is 83.9 cm³/mol. The van der Waals surface area contributed by atoms with Crippen molar-refractivity contribution in [3.8, 4) is 6.07 Å². The van der Waals surface area contributed by atoms with E-state index in [2.05, 4.69) is 25.6 Å². The molecule has 1 aromatic carbocycles. The Morgan fingerprint density at radius 1 is 1.24 bits per heavy atom. The van der Waals surface area contributed by atoms with Gasteiger partial charge >= 0.3 is 0 Å². The van der Waals surface area contributed by atoms with Crippen LogP contribution in [-0.2, 0) is 10.0 Å². The van der Waals surface area contributed by atoms with E-state index in [4.69, 9.17) is 28.5 Å². The maximum absolute atomic E-state index is 12.3. The molecule has 5 nitrogen and oxygen atoms in total. The maximum Gasteiger partial charge on any atom is 0.266 e. The van der Waals surface area contributed by atoms with Gasteiger partial charge in [-0.05, 0) is 24.3 Å². The van der Waals surface area contributed by atoms with Crippen LogP contribution in [-0.4, -0.2) is 13.4 Å². The largest absolute Gasteiger partial charge is 0.266 e. The Kier molecular flexibility index (Phi) is 4.74. The number of hydrogen-bond donors (Lipinski definition) is 1. The summed E-state index contributed by atoms with van der Waals surface area (Å²) in [5.74, 6) is 0.0593. The molecule has 0 saturated heterocycles. The number of nitrogens with one attached hydrogen (secondary N) is 1. The average molecular weight is 407 g/mol. The number of anilines is 1. The van der Waals surface area contributed by atoms with Crippen LogP contribution in [0.25, 0.3) is 0 Å². The predicted octanol–water partition coefficient (Wildman–Crippen LogP) is 3.82. The minimum atomic E-state index is -3.99. The number of aromatic nitrogens is 1. The number of sulfonamides is 1. The van der Waals surface area contributed by atoms with E-state index in [9.17, 15) is 8.42 Å². The molecule has 2 aromatic rings. The molecule has 0 spiro atoms. The number of pyridine rings is 1. The van der Waals surface area contributed by atoms with Gasteiger partial charge in [0.05, 0.1) is 15.6 Å². The first-order valence-electron chi connectivity index (χ1n) is 5.37. The lowest BCUT2D eigenvalue weighted by atomic mass is 10.3. The van der Waals surface area contributed by atoms with Crippen LogP contribution in [0.2, 0.25) is 10.0 Å². The second-order valence-corrected chi connectivity index (χ2v) is 7.20. The lowest BCUT2D eigenvalue weighted by Gasteiger charge is -2.10. The van der Waals surface area contributed by atoms with E-state index in [1.54, 1.807) is 0 Å². The van der Waals surface area contributed by atoms with Crippen LogP contribution in [0.1, 0.15) is 5.56 Å². The Bertz CT molecular complexity index is 810. The fraction of sp³-hybridized carbons (Fsp3) is 0. The molecule has 1 heterocycles. The van der Waals surface area contributed by atoms with E-state index in [0.29, 0.717) is 10.0 Å². The molecule has 0 aliphatic rings. The molecule has 0 fully saturated rings. The molecule has 1 N–H and O–H groups in total. The smallest absolute Gasteiger partial charge is 0.263 e. The van der Waals surface area contributed by atoms with Crippen molar-refractivity contribution in [3.63, 3.8) is 0 Å². The monoisotopic (exact) mass is 405 g/mol. The second-order valence-electron chi connectivity index (χ2n) is 3.85. The van der Waals surface area contributed by atoms with E-state index in [1.165, 1.54) is 30.5 Å². The van der Waals surface area contributed by atoms with Crippen LogP contribution in [0.4, 0.5) is 5.82 Å². The maximum atomic E-state index is 12.3. The molecule has 0 aliphatic carbocycles. The Morgan fingerprint density at radius 3 is 2.33 bits per heavy atom. The zero-order chi connectivity index (χ0) is 15.6. The van der Waals surface area contributed by atoms with Gasteiger partial charge in [-0.25, -0.2) is 13.4 Å². The van der Waals surface area contributed by atoms with Crippen LogP contribution in [0.5, 0.6) is 0 Å². The molecule has 0 saturated carbocycles. The van der Waals surface area contributed by atoms with Crippen LogP contribution >= 0.6 is 39.1 Å². The van der Waals surface area contributed by atoms with Crippen molar-refractivity contribution in [2.45, 2.75) is 4.90 Å². The van der Waals surface area contributed by atoms with Crippen LogP contribution < -0.4 is 4.72 Å². The zero-order valence-corrected chi connectivity index (χ0v) is 14.1. The lowest BCUT2D eigenvalue weighted by molar-refractivity contribution is 0.601. The van der Waals surface area contributed by atoms with Crippen molar-refractivity contribution < 1.29 is 8.42 Å². The molecular weight excluding hydrogens is 401 g/mol. The molecule has 9 heteroatoms. The molecule has 21 heavy (non-hydrogen) atoms. The SMILES string of the molecule is N#Cc1ccc(NS(=O)(=O)c2c(Cl)cc(Br)cc2Cl)nc1. The van der Waals surface area contributed by atoms with Crippen LogP contribution in [0.3, 0.4) is 0 Å². The number of nitriles is 1. The highest BCUT2D eigenvalue weighted by Gasteiger charge is 2.23. The minimum absolute atomic E-state index is 0.0180. The molecule has 1 aromatic heterocycles. The molecule has 0 radical (unpaired) electrons. The average Bonchev–Trinajstić information content (AvgIpc) is 2.37. The summed E-state index contributed by atoms with van der Waals surface area (Å²) in [5, 5.41) is 8.63. The standard InChI is InChI=1S/C12H6BrCl2N3O2S/c13-8-3-9(14)12(10(15)4-8)21(19,20)18-11-2-1-7(5-16)6-17-11/h1-4,6H,(H,17,18). The van der Waals surface area contributed by atoms with Gasteiger partial charge in [0.15, 0.2) is 0 Å². The first-order valence-corrected chi connectivity index (χ1v) is 8.40. The summed E-state index contributed by atoms with van der Waals surface area (Å²) in [7, 11) is -3.99. The molecule has 0 amide bonds. The normalized spacial score (nSPS) is 11.0. The summed E-state index contributed by atoms with van der Waals surface area (Å²) in [6.45, 7) is 0. The summed E-state index contributed by atoms with van der Waals surface area (Å²) < 4.78 is 27.4. The number of rotatable bonds is 3. The molecule has 108 valence electrons. The van der Waals surface area contributed by atoms with Gasteiger partial charge in [-0.15, -0.1) is 0 Å².